The molecule has 1 aliphatic heterocycles. The first-order valence-corrected chi connectivity index (χ1v) is 4.85. The molecule has 1 rings (SSSR count). The minimum Gasteiger partial charge on any atom is -0.367 e. The first-order chi connectivity index (χ1) is 6.03. The molecule has 0 amide bonds. The zero-order valence-corrected chi connectivity index (χ0v) is 9.00. The van der Waals surface area contributed by atoms with Crippen molar-refractivity contribution in [2.45, 2.75) is 51.6 Å². The fourth-order valence-electron chi connectivity index (χ4n) is 1.52. The molecule has 1 aliphatic rings. The van der Waals surface area contributed by atoms with Crippen molar-refractivity contribution in [2.24, 2.45) is 0 Å². The van der Waals surface area contributed by atoms with Crippen LogP contribution >= 0.6 is 0 Å². The SMILES string of the molecule is COC1OCCCC1OC(C)(C)C. The highest BCUT2D eigenvalue weighted by Crippen LogP contribution is 2.22. The van der Waals surface area contributed by atoms with Crippen LogP contribution in [0.1, 0.15) is 33.6 Å². The van der Waals surface area contributed by atoms with Crippen molar-refractivity contribution in [2.75, 3.05) is 13.7 Å². The molecule has 1 heterocycles. The third-order valence-corrected chi connectivity index (χ3v) is 1.96. The lowest BCUT2D eigenvalue weighted by Gasteiger charge is -2.35. The van der Waals surface area contributed by atoms with Crippen LogP contribution in [0.15, 0.2) is 0 Å². The van der Waals surface area contributed by atoms with Gasteiger partial charge in [0.15, 0.2) is 6.29 Å². The van der Waals surface area contributed by atoms with E-state index in [1.54, 1.807) is 7.11 Å². The van der Waals surface area contributed by atoms with E-state index in [0.29, 0.717) is 0 Å². The highest BCUT2D eigenvalue weighted by molar-refractivity contribution is 4.72. The summed E-state index contributed by atoms with van der Waals surface area (Å²) >= 11 is 0. The molecule has 0 aromatic carbocycles. The summed E-state index contributed by atoms with van der Waals surface area (Å²) in [5, 5.41) is 0. The quantitative estimate of drug-likeness (QED) is 0.663. The maximum atomic E-state index is 5.83. The van der Waals surface area contributed by atoms with Crippen molar-refractivity contribution < 1.29 is 14.2 Å². The Bertz CT molecular complexity index is 151. The van der Waals surface area contributed by atoms with Crippen LogP contribution in [0.5, 0.6) is 0 Å². The predicted octanol–water partition coefficient (Wildman–Crippen LogP) is 1.95. The molecule has 0 bridgehead atoms. The van der Waals surface area contributed by atoms with E-state index in [9.17, 15) is 0 Å². The van der Waals surface area contributed by atoms with Gasteiger partial charge in [-0.15, -0.1) is 0 Å². The van der Waals surface area contributed by atoms with Crippen LogP contribution in [0.3, 0.4) is 0 Å². The third-order valence-electron chi connectivity index (χ3n) is 1.96. The molecule has 13 heavy (non-hydrogen) atoms. The van der Waals surface area contributed by atoms with Crippen molar-refractivity contribution in [1.82, 2.24) is 0 Å². The second-order valence-corrected chi connectivity index (χ2v) is 4.39. The lowest BCUT2D eigenvalue weighted by molar-refractivity contribution is -0.238. The molecule has 0 aromatic rings. The average molecular weight is 188 g/mol. The Hall–Kier alpha value is -0.120. The van der Waals surface area contributed by atoms with Crippen molar-refractivity contribution in [3.05, 3.63) is 0 Å². The summed E-state index contributed by atoms with van der Waals surface area (Å²) in [5.74, 6) is 0. The fourth-order valence-corrected chi connectivity index (χ4v) is 1.52. The van der Waals surface area contributed by atoms with Gasteiger partial charge >= 0.3 is 0 Å². The van der Waals surface area contributed by atoms with Gasteiger partial charge in [0.2, 0.25) is 0 Å². The van der Waals surface area contributed by atoms with E-state index in [1.807, 2.05) is 20.8 Å². The molecule has 0 N–H and O–H groups in total. The number of hydrogen-bond donors (Lipinski definition) is 0. The van der Waals surface area contributed by atoms with Crippen LogP contribution in [0, 0.1) is 0 Å². The molecule has 1 saturated heterocycles. The van der Waals surface area contributed by atoms with E-state index in [-0.39, 0.29) is 18.0 Å². The Morgan fingerprint density at radius 1 is 1.31 bits per heavy atom. The number of methoxy groups -OCH3 is 1. The Morgan fingerprint density at radius 2 is 2.00 bits per heavy atom. The summed E-state index contributed by atoms with van der Waals surface area (Å²) in [6.45, 7) is 6.93. The van der Waals surface area contributed by atoms with Crippen molar-refractivity contribution in [3.8, 4) is 0 Å². The van der Waals surface area contributed by atoms with Crippen LogP contribution in [0.2, 0.25) is 0 Å². The van der Waals surface area contributed by atoms with Crippen LogP contribution in [0.4, 0.5) is 0 Å². The van der Waals surface area contributed by atoms with Crippen LogP contribution < -0.4 is 0 Å². The number of rotatable bonds is 2. The Morgan fingerprint density at radius 3 is 2.54 bits per heavy atom. The van der Waals surface area contributed by atoms with Gasteiger partial charge in [-0.2, -0.15) is 0 Å². The van der Waals surface area contributed by atoms with Crippen molar-refractivity contribution in [1.29, 1.82) is 0 Å². The summed E-state index contributed by atoms with van der Waals surface area (Å²) in [7, 11) is 1.66. The second-order valence-electron chi connectivity index (χ2n) is 4.39. The Balaban J connectivity index is 2.45. The molecule has 0 radical (unpaired) electrons. The fraction of sp³-hybridized carbons (Fsp3) is 1.00. The van der Waals surface area contributed by atoms with E-state index >= 15 is 0 Å². The van der Waals surface area contributed by atoms with Crippen molar-refractivity contribution in [3.63, 3.8) is 0 Å². The molecule has 1 fully saturated rings. The number of hydrogen-bond acceptors (Lipinski definition) is 3. The van der Waals surface area contributed by atoms with Gasteiger partial charge < -0.3 is 14.2 Å². The summed E-state index contributed by atoms with van der Waals surface area (Å²) in [6, 6.07) is 0. The van der Waals surface area contributed by atoms with Gasteiger partial charge in [-0.25, -0.2) is 0 Å². The molecular weight excluding hydrogens is 168 g/mol. The van der Waals surface area contributed by atoms with E-state index < -0.39 is 0 Å². The first kappa shape index (κ1) is 11.0. The second kappa shape index (κ2) is 4.40. The molecule has 0 aromatic heterocycles. The van der Waals surface area contributed by atoms with Gasteiger partial charge in [0.1, 0.15) is 6.10 Å². The van der Waals surface area contributed by atoms with Gasteiger partial charge in [-0.3, -0.25) is 0 Å². The molecule has 3 nitrogen and oxygen atoms in total. The highest BCUT2D eigenvalue weighted by Gasteiger charge is 2.30. The molecule has 0 aliphatic carbocycles. The smallest absolute Gasteiger partial charge is 0.183 e. The molecule has 3 heteroatoms. The summed E-state index contributed by atoms with van der Waals surface area (Å²) in [6.07, 6.45) is 1.97. The van der Waals surface area contributed by atoms with Crippen LogP contribution in [0.25, 0.3) is 0 Å². The standard InChI is InChI=1S/C10H20O3/c1-10(2,3)13-8-6-5-7-12-9(8)11-4/h8-9H,5-7H2,1-4H3. The van der Waals surface area contributed by atoms with E-state index in [2.05, 4.69) is 0 Å². The van der Waals surface area contributed by atoms with Gasteiger partial charge in [0.25, 0.3) is 0 Å². The minimum absolute atomic E-state index is 0.0822. The topological polar surface area (TPSA) is 27.7 Å². The predicted molar refractivity (Wildman–Crippen MR) is 50.6 cm³/mol. The first-order valence-electron chi connectivity index (χ1n) is 4.85. The molecule has 0 spiro atoms. The average Bonchev–Trinajstić information content (AvgIpc) is 2.02. The van der Waals surface area contributed by atoms with E-state index in [1.165, 1.54) is 0 Å². The molecule has 0 saturated carbocycles. The maximum absolute atomic E-state index is 5.83. The Labute approximate surface area is 80.4 Å². The normalized spacial score (nSPS) is 30.5. The van der Waals surface area contributed by atoms with E-state index in [4.69, 9.17) is 14.2 Å². The van der Waals surface area contributed by atoms with Gasteiger partial charge in [0.05, 0.1) is 5.60 Å². The highest BCUT2D eigenvalue weighted by atomic mass is 16.7. The van der Waals surface area contributed by atoms with Crippen LogP contribution in [-0.4, -0.2) is 31.7 Å². The third kappa shape index (κ3) is 3.63. The summed E-state index contributed by atoms with van der Waals surface area (Å²) < 4.78 is 16.5. The zero-order chi connectivity index (χ0) is 9.90. The van der Waals surface area contributed by atoms with E-state index in [0.717, 1.165) is 19.4 Å². The minimum atomic E-state index is -0.187. The lowest BCUT2D eigenvalue weighted by atomic mass is 10.1. The zero-order valence-electron chi connectivity index (χ0n) is 9.00. The maximum Gasteiger partial charge on any atom is 0.183 e. The molecule has 2 atom stereocenters. The molecule has 2 unspecified atom stereocenters. The lowest BCUT2D eigenvalue weighted by Crippen LogP contribution is -2.41. The van der Waals surface area contributed by atoms with Gasteiger partial charge in [0, 0.05) is 13.7 Å². The van der Waals surface area contributed by atoms with Crippen molar-refractivity contribution >= 4 is 0 Å². The Kier molecular flexibility index (Phi) is 3.71. The summed E-state index contributed by atoms with van der Waals surface area (Å²) in [4.78, 5) is 0. The van der Waals surface area contributed by atoms with Gasteiger partial charge in [-0.1, -0.05) is 0 Å². The monoisotopic (exact) mass is 188 g/mol. The molecule has 78 valence electrons. The summed E-state index contributed by atoms with van der Waals surface area (Å²) in [5.41, 5.74) is -0.123. The largest absolute Gasteiger partial charge is 0.367 e. The van der Waals surface area contributed by atoms with Gasteiger partial charge in [-0.05, 0) is 33.6 Å². The molecular formula is C10H20O3. The van der Waals surface area contributed by atoms with Crippen LogP contribution in [-0.2, 0) is 14.2 Å². The number of ether oxygens (including phenoxy) is 3.